The zero-order valence-corrected chi connectivity index (χ0v) is 22.0. The molecular weight excluding hydrogens is 418 g/mol. The van der Waals surface area contributed by atoms with E-state index in [1.165, 1.54) is 82.6 Å². The van der Waals surface area contributed by atoms with Gasteiger partial charge in [0.2, 0.25) is 0 Å². The predicted molar refractivity (Wildman–Crippen MR) is 135 cm³/mol. The lowest BCUT2D eigenvalue weighted by molar-refractivity contribution is 0.0665. The molecule has 1 aromatic heterocycles. The summed E-state index contributed by atoms with van der Waals surface area (Å²) in [6.45, 7) is 10.2. The lowest BCUT2D eigenvalue weighted by Crippen LogP contribution is -2.40. The molecular formula is C26H47N3O2S. The highest BCUT2D eigenvalue weighted by molar-refractivity contribution is 7.71. The van der Waals surface area contributed by atoms with Crippen LogP contribution in [0.2, 0.25) is 0 Å². The number of hydrogen-bond acceptors (Lipinski definition) is 5. The van der Waals surface area contributed by atoms with Gasteiger partial charge in [-0.1, -0.05) is 91.4 Å². The topological polar surface area (TPSA) is 63.2 Å². The molecule has 0 fully saturated rings. The highest BCUT2D eigenvalue weighted by Gasteiger charge is 2.46. The van der Waals surface area contributed by atoms with Gasteiger partial charge in [-0.3, -0.25) is 4.90 Å². The van der Waals surface area contributed by atoms with Crippen LogP contribution in [-0.4, -0.2) is 29.8 Å². The molecule has 0 radical (unpaired) electrons. The molecule has 0 bridgehead atoms. The molecule has 0 saturated heterocycles. The summed E-state index contributed by atoms with van der Waals surface area (Å²) in [5.74, 6) is 0.389. The second-order valence-electron chi connectivity index (χ2n) is 9.74. The van der Waals surface area contributed by atoms with Crippen molar-refractivity contribution < 1.29 is 8.42 Å². The molecule has 1 aliphatic heterocycles. The van der Waals surface area contributed by atoms with Gasteiger partial charge in [0.05, 0.1) is 11.7 Å². The number of unbranched alkanes of at least 4 members (excludes halogenated alkanes) is 10. The Kier molecular flexibility index (Phi) is 12.2. The Bertz CT molecular complexity index is 745. The van der Waals surface area contributed by atoms with Crippen LogP contribution >= 0.6 is 0 Å². The number of rotatable bonds is 17. The molecule has 184 valence electrons. The third-order valence-electron chi connectivity index (χ3n) is 7.32. The zero-order valence-electron chi connectivity index (χ0n) is 21.1. The summed E-state index contributed by atoms with van der Waals surface area (Å²) in [7, 11) is -2.51. The number of fused-ring (bicyclic) bond motifs is 1. The van der Waals surface area contributed by atoms with Crippen LogP contribution < -0.4 is 0 Å². The van der Waals surface area contributed by atoms with Gasteiger partial charge in [0.1, 0.15) is 22.3 Å². The number of nitrogens with zero attached hydrogens (tertiary/aromatic N) is 3. The first kappa shape index (κ1) is 27.2. The minimum atomic E-state index is -2.51. The van der Waals surface area contributed by atoms with Crippen LogP contribution in [0.5, 0.6) is 0 Å². The molecule has 2 unspecified atom stereocenters. The summed E-state index contributed by atoms with van der Waals surface area (Å²) in [5.41, 5.74) is 2.24. The van der Waals surface area contributed by atoms with E-state index in [0.29, 0.717) is 5.82 Å². The second-order valence-corrected chi connectivity index (χ2v) is 10.7. The first-order valence-electron chi connectivity index (χ1n) is 13.2. The number of hydrogen-bond donors (Lipinski definition) is 1. The monoisotopic (exact) mass is 465 g/mol. The number of aromatic nitrogens is 2. The fourth-order valence-electron chi connectivity index (χ4n) is 5.21. The van der Waals surface area contributed by atoms with Gasteiger partial charge in [0.15, 0.2) is 0 Å². The minimum Gasteiger partial charge on any atom is -0.285 e. The molecule has 6 heteroatoms. The Hall–Kier alpha value is -1.01. The highest BCUT2D eigenvalue weighted by atomic mass is 32.2. The van der Waals surface area contributed by atoms with Crippen LogP contribution in [0.3, 0.4) is 0 Å². The van der Waals surface area contributed by atoms with Crippen LogP contribution in [0.4, 0.5) is 0 Å². The van der Waals surface area contributed by atoms with Gasteiger partial charge in [-0.2, -0.15) is 0 Å². The molecule has 1 aromatic rings. The first-order chi connectivity index (χ1) is 15.5. The minimum absolute atomic E-state index is 0.0629. The maximum atomic E-state index is 11.3. The standard InChI is InChI=1S/C26H47N3O2S/c1-5-8-10-12-14-16-18-23-25-22(20-27-24(28-25)21-32(30)31)26(4,7-3)29(23)19-17-15-13-11-9-6-2/h20,23,32H,5-19,21H2,1-4H3. The summed E-state index contributed by atoms with van der Waals surface area (Å²) in [6.07, 6.45) is 19.5. The summed E-state index contributed by atoms with van der Waals surface area (Å²) in [4.78, 5) is 12.0. The summed E-state index contributed by atoms with van der Waals surface area (Å²) in [5, 5.41) is 0. The van der Waals surface area contributed by atoms with Gasteiger partial charge in [0.25, 0.3) is 0 Å². The van der Waals surface area contributed by atoms with E-state index in [-0.39, 0.29) is 17.3 Å². The molecule has 1 aliphatic rings. The smallest absolute Gasteiger partial charge is 0.147 e. The van der Waals surface area contributed by atoms with Crippen molar-refractivity contribution in [3.05, 3.63) is 23.3 Å². The first-order valence-corrected chi connectivity index (χ1v) is 14.6. The Balaban J connectivity index is 2.16. The Morgan fingerprint density at radius 2 is 1.50 bits per heavy atom. The van der Waals surface area contributed by atoms with Crippen molar-refractivity contribution in [2.45, 2.75) is 135 Å². The van der Waals surface area contributed by atoms with Gasteiger partial charge in [0, 0.05) is 17.3 Å². The molecule has 0 aromatic carbocycles. The van der Waals surface area contributed by atoms with Crippen LogP contribution in [-0.2, 0) is 22.0 Å². The fraction of sp³-hybridized carbons (Fsp3) is 0.846. The van der Waals surface area contributed by atoms with Crippen molar-refractivity contribution in [1.82, 2.24) is 14.9 Å². The largest absolute Gasteiger partial charge is 0.285 e. The van der Waals surface area contributed by atoms with Crippen LogP contribution in [0.1, 0.15) is 141 Å². The SMILES string of the molecule is CCCCCCCCC1c2nc(C[SH](=O)=O)ncc2C(C)(CC)N1CCCCCCCC. The lowest BCUT2D eigenvalue weighted by atomic mass is 9.91. The average molecular weight is 466 g/mol. The van der Waals surface area contributed by atoms with E-state index in [0.717, 1.165) is 25.1 Å². The Morgan fingerprint density at radius 1 is 0.906 bits per heavy atom. The molecule has 2 rings (SSSR count). The van der Waals surface area contributed by atoms with Gasteiger partial charge < -0.3 is 0 Å². The highest BCUT2D eigenvalue weighted by Crippen LogP contribution is 2.49. The van der Waals surface area contributed by atoms with Crippen LogP contribution in [0, 0.1) is 0 Å². The summed E-state index contributed by atoms with van der Waals surface area (Å²) < 4.78 is 22.6. The molecule has 5 nitrogen and oxygen atoms in total. The maximum absolute atomic E-state index is 11.3. The van der Waals surface area contributed by atoms with E-state index in [4.69, 9.17) is 4.98 Å². The van der Waals surface area contributed by atoms with E-state index in [9.17, 15) is 8.42 Å². The second kappa shape index (κ2) is 14.3. The lowest BCUT2D eigenvalue weighted by Gasteiger charge is -2.38. The van der Waals surface area contributed by atoms with Gasteiger partial charge in [-0.05, 0) is 32.7 Å². The molecule has 0 amide bonds. The van der Waals surface area contributed by atoms with Crippen molar-refractivity contribution in [1.29, 1.82) is 0 Å². The molecule has 0 saturated carbocycles. The fourth-order valence-corrected chi connectivity index (χ4v) is 5.59. The van der Waals surface area contributed by atoms with Gasteiger partial charge >= 0.3 is 0 Å². The molecule has 0 aliphatic carbocycles. The molecule has 0 N–H and O–H groups in total. The predicted octanol–water partition coefficient (Wildman–Crippen LogP) is 6.68. The van der Waals surface area contributed by atoms with Crippen molar-refractivity contribution in [3.8, 4) is 0 Å². The van der Waals surface area contributed by atoms with Crippen molar-refractivity contribution in [2.24, 2.45) is 0 Å². The van der Waals surface area contributed by atoms with E-state index in [1.54, 1.807) is 0 Å². The normalized spacial score (nSPS) is 20.8. The van der Waals surface area contributed by atoms with Crippen molar-refractivity contribution in [3.63, 3.8) is 0 Å². The number of thiol groups is 1. The van der Waals surface area contributed by atoms with Gasteiger partial charge in [-0.25, -0.2) is 18.4 Å². The van der Waals surface area contributed by atoms with E-state index >= 15 is 0 Å². The molecule has 2 heterocycles. The maximum Gasteiger partial charge on any atom is 0.147 e. The third-order valence-corrected chi connectivity index (χ3v) is 7.86. The average Bonchev–Trinajstić information content (AvgIpc) is 3.00. The zero-order chi connectivity index (χ0) is 23.4. The Labute approximate surface area is 198 Å². The van der Waals surface area contributed by atoms with Crippen molar-refractivity contribution >= 4 is 10.7 Å². The molecule has 32 heavy (non-hydrogen) atoms. The van der Waals surface area contributed by atoms with Crippen LogP contribution in [0.25, 0.3) is 0 Å². The summed E-state index contributed by atoms with van der Waals surface area (Å²) >= 11 is 0. The Morgan fingerprint density at radius 3 is 2.09 bits per heavy atom. The third kappa shape index (κ3) is 7.51. The van der Waals surface area contributed by atoms with Crippen LogP contribution in [0.15, 0.2) is 6.20 Å². The van der Waals surface area contributed by atoms with Gasteiger partial charge in [-0.15, -0.1) is 0 Å². The quantitative estimate of drug-likeness (QED) is 0.205. The van der Waals surface area contributed by atoms with E-state index in [1.807, 2.05) is 6.20 Å². The van der Waals surface area contributed by atoms with E-state index in [2.05, 4.69) is 37.6 Å². The van der Waals surface area contributed by atoms with Crippen molar-refractivity contribution in [2.75, 3.05) is 6.54 Å². The summed E-state index contributed by atoms with van der Waals surface area (Å²) in [6, 6.07) is 0.281. The molecule has 2 atom stereocenters. The molecule has 0 spiro atoms. The van der Waals surface area contributed by atoms with E-state index < -0.39 is 10.7 Å².